The maximum absolute atomic E-state index is 12.6. The summed E-state index contributed by atoms with van der Waals surface area (Å²) in [5.74, 6) is 0.721. The number of methoxy groups -OCH3 is 1. The van der Waals surface area contributed by atoms with E-state index in [9.17, 15) is 9.59 Å². The maximum Gasteiger partial charge on any atom is 0.337 e. The van der Waals surface area contributed by atoms with E-state index in [-0.39, 0.29) is 11.9 Å². The fraction of sp³-hybridized carbons (Fsp3) is 0.600. The van der Waals surface area contributed by atoms with Crippen LogP contribution in [0.2, 0.25) is 0 Å². The molecule has 5 heteroatoms. The van der Waals surface area contributed by atoms with Gasteiger partial charge in [0.15, 0.2) is 0 Å². The fourth-order valence-corrected chi connectivity index (χ4v) is 3.63. The predicted molar refractivity (Wildman–Crippen MR) is 96.6 cm³/mol. The highest BCUT2D eigenvalue weighted by Gasteiger charge is 2.25. The van der Waals surface area contributed by atoms with Gasteiger partial charge in [0.2, 0.25) is 5.91 Å². The van der Waals surface area contributed by atoms with Crippen LogP contribution >= 0.6 is 0 Å². The Morgan fingerprint density at radius 1 is 1.16 bits per heavy atom. The Hall–Kier alpha value is -1.88. The number of esters is 1. The summed E-state index contributed by atoms with van der Waals surface area (Å²) in [6.45, 7) is 6.77. The minimum absolute atomic E-state index is 0.178. The number of nitrogens with zero attached hydrogens (tertiary/aromatic N) is 2. The zero-order valence-electron chi connectivity index (χ0n) is 15.3. The number of aryl methyl sites for hydroxylation is 1. The first-order valence-electron chi connectivity index (χ1n) is 9.25. The number of rotatable bonds is 5. The minimum atomic E-state index is -0.344. The number of carbonyl (C=O) groups is 2. The Balaban J connectivity index is 1.51. The molecule has 1 saturated heterocycles. The lowest BCUT2D eigenvalue weighted by atomic mass is 9.85. The van der Waals surface area contributed by atoms with E-state index in [1.165, 1.54) is 32.9 Å². The summed E-state index contributed by atoms with van der Waals surface area (Å²) >= 11 is 0. The van der Waals surface area contributed by atoms with E-state index < -0.39 is 0 Å². The largest absolute Gasteiger partial charge is 0.465 e. The van der Waals surface area contributed by atoms with Gasteiger partial charge in [0.05, 0.1) is 19.1 Å². The Morgan fingerprint density at radius 2 is 1.88 bits per heavy atom. The van der Waals surface area contributed by atoms with Gasteiger partial charge in [-0.3, -0.25) is 9.69 Å². The summed E-state index contributed by atoms with van der Waals surface area (Å²) in [4.78, 5) is 28.7. The number of hydrogen-bond donors (Lipinski definition) is 0. The molecule has 2 fully saturated rings. The molecule has 1 heterocycles. The summed E-state index contributed by atoms with van der Waals surface area (Å²) < 4.78 is 4.74. The van der Waals surface area contributed by atoms with Crippen molar-refractivity contribution in [1.29, 1.82) is 0 Å². The molecule has 0 N–H and O–H groups in total. The molecule has 1 aliphatic carbocycles. The van der Waals surface area contributed by atoms with E-state index in [4.69, 9.17) is 4.74 Å². The molecule has 5 nitrogen and oxygen atoms in total. The van der Waals surface area contributed by atoms with Crippen LogP contribution < -0.4 is 0 Å². The lowest BCUT2D eigenvalue weighted by Crippen LogP contribution is -2.50. The normalized spacial score (nSPS) is 18.7. The minimum Gasteiger partial charge on any atom is -0.465 e. The molecule has 1 amide bonds. The number of ether oxygens (including phenoxy) is 1. The van der Waals surface area contributed by atoms with Gasteiger partial charge in [-0.2, -0.15) is 0 Å². The molecule has 0 unspecified atom stereocenters. The third kappa shape index (κ3) is 4.40. The second-order valence-corrected chi connectivity index (χ2v) is 7.29. The molecule has 1 aromatic rings. The molecular formula is C20H28N2O3. The first-order chi connectivity index (χ1) is 12.1. The highest BCUT2D eigenvalue weighted by atomic mass is 16.5. The third-order valence-corrected chi connectivity index (χ3v) is 5.57. The molecule has 0 atom stereocenters. The molecule has 2 aliphatic rings. The molecule has 1 aromatic carbocycles. The molecule has 0 aromatic heterocycles. The van der Waals surface area contributed by atoms with Crippen molar-refractivity contribution in [3.05, 3.63) is 34.9 Å². The van der Waals surface area contributed by atoms with Crippen molar-refractivity contribution >= 4 is 11.9 Å². The van der Waals surface area contributed by atoms with Crippen molar-refractivity contribution in [2.75, 3.05) is 39.8 Å². The average molecular weight is 344 g/mol. The molecule has 1 saturated carbocycles. The van der Waals surface area contributed by atoms with Crippen molar-refractivity contribution < 1.29 is 14.3 Å². The van der Waals surface area contributed by atoms with Crippen molar-refractivity contribution in [3.8, 4) is 0 Å². The number of carbonyl (C=O) groups excluding carboxylic acids is 2. The first kappa shape index (κ1) is 17.9. The van der Waals surface area contributed by atoms with Gasteiger partial charge in [0.1, 0.15) is 0 Å². The summed E-state index contributed by atoms with van der Waals surface area (Å²) in [5, 5.41) is 0. The van der Waals surface area contributed by atoms with Crippen LogP contribution in [0.1, 0.15) is 40.7 Å². The molecule has 3 rings (SSSR count). The van der Waals surface area contributed by atoms with Gasteiger partial charge in [0, 0.05) is 32.7 Å². The van der Waals surface area contributed by atoms with Crippen LogP contribution in [0.15, 0.2) is 18.2 Å². The smallest absolute Gasteiger partial charge is 0.337 e. The zero-order chi connectivity index (χ0) is 17.8. The topological polar surface area (TPSA) is 49.9 Å². The molecule has 136 valence electrons. The van der Waals surface area contributed by atoms with E-state index in [2.05, 4.69) is 4.90 Å². The van der Waals surface area contributed by atoms with Gasteiger partial charge in [-0.1, -0.05) is 12.5 Å². The van der Waals surface area contributed by atoms with Crippen LogP contribution in [0, 0.1) is 12.8 Å². The summed E-state index contributed by atoms with van der Waals surface area (Å²) in [7, 11) is 1.37. The lowest BCUT2D eigenvalue weighted by Gasteiger charge is -2.38. The summed E-state index contributed by atoms with van der Waals surface area (Å²) in [5.41, 5.74) is 2.47. The van der Waals surface area contributed by atoms with Crippen molar-refractivity contribution in [2.24, 2.45) is 5.92 Å². The standard InChI is InChI=1S/C20H28N2O3/c1-15-12-18(20(24)25-2)7-6-17(15)13-19(23)22-10-8-21(9-11-22)14-16-4-3-5-16/h6-7,12,16H,3-5,8-11,13-14H2,1-2H3. The van der Waals surface area contributed by atoms with Crippen LogP contribution in [-0.2, 0) is 16.0 Å². The zero-order valence-corrected chi connectivity index (χ0v) is 15.3. The molecular weight excluding hydrogens is 316 g/mol. The van der Waals surface area contributed by atoms with E-state index >= 15 is 0 Å². The Bertz CT molecular complexity index is 632. The van der Waals surface area contributed by atoms with Gasteiger partial charge >= 0.3 is 5.97 Å². The number of hydrogen-bond acceptors (Lipinski definition) is 4. The van der Waals surface area contributed by atoms with Crippen molar-refractivity contribution in [1.82, 2.24) is 9.80 Å². The van der Waals surface area contributed by atoms with Gasteiger partial charge in [-0.15, -0.1) is 0 Å². The van der Waals surface area contributed by atoms with Gasteiger partial charge in [-0.05, 0) is 48.9 Å². The lowest BCUT2D eigenvalue weighted by molar-refractivity contribution is -0.132. The van der Waals surface area contributed by atoms with Gasteiger partial charge < -0.3 is 9.64 Å². The average Bonchev–Trinajstić information content (AvgIpc) is 2.59. The molecule has 1 aliphatic heterocycles. The number of piperazine rings is 1. The van der Waals surface area contributed by atoms with Crippen LogP contribution in [0.3, 0.4) is 0 Å². The molecule has 0 spiro atoms. The second kappa shape index (κ2) is 8.00. The quantitative estimate of drug-likeness (QED) is 0.769. The van der Waals surface area contributed by atoms with Crippen molar-refractivity contribution in [2.45, 2.75) is 32.6 Å². The predicted octanol–water partition coefficient (Wildman–Crippen LogP) is 2.27. The molecule has 25 heavy (non-hydrogen) atoms. The van der Waals surface area contributed by atoms with Crippen LogP contribution in [0.25, 0.3) is 0 Å². The third-order valence-electron chi connectivity index (χ3n) is 5.57. The molecule has 0 radical (unpaired) electrons. The highest BCUT2D eigenvalue weighted by Crippen LogP contribution is 2.27. The number of benzene rings is 1. The summed E-state index contributed by atoms with van der Waals surface area (Å²) in [6.07, 6.45) is 4.53. The van der Waals surface area contributed by atoms with E-state index in [0.29, 0.717) is 12.0 Å². The highest BCUT2D eigenvalue weighted by molar-refractivity contribution is 5.90. The summed E-state index contributed by atoms with van der Waals surface area (Å²) in [6, 6.07) is 5.40. The maximum atomic E-state index is 12.6. The second-order valence-electron chi connectivity index (χ2n) is 7.29. The first-order valence-corrected chi connectivity index (χ1v) is 9.25. The van der Waals surface area contributed by atoms with E-state index in [1.54, 1.807) is 12.1 Å². The Morgan fingerprint density at radius 3 is 2.44 bits per heavy atom. The fourth-order valence-electron chi connectivity index (χ4n) is 3.63. The van der Waals surface area contributed by atoms with Crippen LogP contribution in [0.5, 0.6) is 0 Å². The Labute approximate surface area is 149 Å². The van der Waals surface area contributed by atoms with E-state index in [1.807, 2.05) is 17.9 Å². The van der Waals surface area contributed by atoms with E-state index in [0.717, 1.165) is 43.2 Å². The Kier molecular flexibility index (Phi) is 5.74. The van der Waals surface area contributed by atoms with Crippen LogP contribution in [-0.4, -0.2) is 61.5 Å². The van der Waals surface area contributed by atoms with Crippen molar-refractivity contribution in [3.63, 3.8) is 0 Å². The molecule has 0 bridgehead atoms. The monoisotopic (exact) mass is 344 g/mol. The van der Waals surface area contributed by atoms with Gasteiger partial charge in [0.25, 0.3) is 0 Å². The number of amides is 1. The van der Waals surface area contributed by atoms with Gasteiger partial charge in [-0.25, -0.2) is 4.79 Å². The van der Waals surface area contributed by atoms with Crippen LogP contribution in [0.4, 0.5) is 0 Å². The SMILES string of the molecule is COC(=O)c1ccc(CC(=O)N2CCN(CC3CCC3)CC2)c(C)c1.